The molecule has 1 aromatic carbocycles. The third-order valence-electron chi connectivity index (χ3n) is 4.13. The van der Waals surface area contributed by atoms with Gasteiger partial charge in [0.05, 0.1) is 5.56 Å². The van der Waals surface area contributed by atoms with Crippen molar-refractivity contribution in [2.45, 2.75) is 33.2 Å². The van der Waals surface area contributed by atoms with Gasteiger partial charge in [-0.25, -0.2) is 0 Å². The predicted octanol–water partition coefficient (Wildman–Crippen LogP) is 3.31. The fourth-order valence-corrected chi connectivity index (χ4v) is 3.35. The van der Waals surface area contributed by atoms with E-state index < -0.39 is 0 Å². The van der Waals surface area contributed by atoms with Gasteiger partial charge in [-0.15, -0.1) is 0 Å². The molecule has 20 heavy (non-hydrogen) atoms. The second-order valence-electron chi connectivity index (χ2n) is 5.40. The lowest BCUT2D eigenvalue weighted by molar-refractivity contribution is 0.0777. The smallest absolute Gasteiger partial charge is 0.255 e. The van der Waals surface area contributed by atoms with Crippen LogP contribution in [0.5, 0.6) is 0 Å². The Hall–Kier alpha value is -0.870. The van der Waals surface area contributed by atoms with E-state index in [0.717, 1.165) is 48.2 Å². The van der Waals surface area contributed by atoms with Gasteiger partial charge in [-0.1, -0.05) is 25.5 Å². The van der Waals surface area contributed by atoms with E-state index in [0.29, 0.717) is 6.04 Å². The lowest BCUT2D eigenvalue weighted by Gasteiger charge is -2.26. The number of benzene rings is 1. The standard InChI is InChI=1S/C16H23BrN2O/c1-4-18(5-2)13-8-9-19(11-13)16(20)14-10-12(3)6-7-15(14)17/h6-7,10,13H,4-5,8-9,11H2,1-3H3. The number of hydrogen-bond donors (Lipinski definition) is 0. The molecule has 0 spiro atoms. The van der Waals surface area contributed by atoms with Gasteiger partial charge in [0.15, 0.2) is 0 Å². The van der Waals surface area contributed by atoms with Crippen molar-refractivity contribution in [3.63, 3.8) is 0 Å². The summed E-state index contributed by atoms with van der Waals surface area (Å²) in [6.45, 7) is 10.2. The fourth-order valence-electron chi connectivity index (χ4n) is 2.94. The summed E-state index contributed by atoms with van der Waals surface area (Å²) in [5.41, 5.74) is 1.90. The summed E-state index contributed by atoms with van der Waals surface area (Å²) in [6.07, 6.45) is 1.08. The van der Waals surface area contributed by atoms with E-state index in [4.69, 9.17) is 0 Å². The highest BCUT2D eigenvalue weighted by Gasteiger charge is 2.30. The zero-order valence-electron chi connectivity index (χ0n) is 12.5. The Labute approximate surface area is 130 Å². The van der Waals surface area contributed by atoms with Gasteiger partial charge in [0.1, 0.15) is 0 Å². The second-order valence-corrected chi connectivity index (χ2v) is 6.25. The quantitative estimate of drug-likeness (QED) is 0.840. The second kappa shape index (κ2) is 6.72. The summed E-state index contributed by atoms with van der Waals surface area (Å²) in [5.74, 6) is 0.148. The summed E-state index contributed by atoms with van der Waals surface area (Å²) < 4.78 is 0.888. The van der Waals surface area contributed by atoms with Gasteiger partial charge >= 0.3 is 0 Å². The minimum Gasteiger partial charge on any atom is -0.337 e. The van der Waals surface area contributed by atoms with E-state index in [1.807, 2.05) is 30.0 Å². The highest BCUT2D eigenvalue weighted by atomic mass is 79.9. The summed E-state index contributed by atoms with van der Waals surface area (Å²) in [4.78, 5) is 17.1. The number of carbonyl (C=O) groups excluding carboxylic acids is 1. The third-order valence-corrected chi connectivity index (χ3v) is 4.82. The zero-order chi connectivity index (χ0) is 14.7. The lowest BCUT2D eigenvalue weighted by Crippen LogP contribution is -2.38. The monoisotopic (exact) mass is 338 g/mol. The van der Waals surface area contributed by atoms with Crippen molar-refractivity contribution >= 4 is 21.8 Å². The number of aryl methyl sites for hydroxylation is 1. The van der Waals surface area contributed by atoms with E-state index in [1.54, 1.807) is 0 Å². The van der Waals surface area contributed by atoms with Crippen LogP contribution in [-0.2, 0) is 0 Å². The molecule has 0 N–H and O–H groups in total. The Morgan fingerprint density at radius 3 is 2.75 bits per heavy atom. The van der Waals surface area contributed by atoms with Crippen LogP contribution in [0, 0.1) is 6.92 Å². The minimum atomic E-state index is 0.148. The molecule has 0 aromatic heterocycles. The van der Waals surface area contributed by atoms with Crippen molar-refractivity contribution in [3.05, 3.63) is 33.8 Å². The van der Waals surface area contributed by atoms with Gasteiger partial charge in [0, 0.05) is 23.6 Å². The normalized spacial score (nSPS) is 18.9. The maximum Gasteiger partial charge on any atom is 0.255 e. The van der Waals surface area contributed by atoms with Crippen LogP contribution < -0.4 is 0 Å². The number of likely N-dealkylation sites (N-methyl/N-ethyl adjacent to an activating group) is 1. The zero-order valence-corrected chi connectivity index (χ0v) is 14.1. The van der Waals surface area contributed by atoms with Gasteiger partial charge in [0.2, 0.25) is 0 Å². The highest BCUT2D eigenvalue weighted by Crippen LogP contribution is 2.23. The number of rotatable bonds is 4. The number of likely N-dealkylation sites (tertiary alicyclic amines) is 1. The first kappa shape index (κ1) is 15.5. The van der Waals surface area contributed by atoms with Crippen molar-refractivity contribution in [1.82, 2.24) is 9.80 Å². The van der Waals surface area contributed by atoms with E-state index in [-0.39, 0.29) is 5.91 Å². The Kier molecular flexibility index (Phi) is 5.22. The van der Waals surface area contributed by atoms with Crippen molar-refractivity contribution in [3.8, 4) is 0 Å². The van der Waals surface area contributed by atoms with Crippen LogP contribution in [-0.4, -0.2) is 47.9 Å². The molecule has 4 heteroatoms. The SMILES string of the molecule is CCN(CC)C1CCN(C(=O)c2cc(C)ccc2Br)C1. The molecule has 0 bridgehead atoms. The molecule has 3 nitrogen and oxygen atoms in total. The van der Waals surface area contributed by atoms with Crippen molar-refractivity contribution in [1.29, 1.82) is 0 Å². The fraction of sp³-hybridized carbons (Fsp3) is 0.562. The minimum absolute atomic E-state index is 0.148. The molecule has 1 aliphatic rings. The van der Waals surface area contributed by atoms with Gasteiger partial charge < -0.3 is 4.90 Å². The van der Waals surface area contributed by atoms with Gasteiger partial charge in [-0.2, -0.15) is 0 Å². The van der Waals surface area contributed by atoms with Crippen LogP contribution in [0.25, 0.3) is 0 Å². The summed E-state index contributed by atoms with van der Waals surface area (Å²) in [5, 5.41) is 0. The molecule has 0 saturated carbocycles. The molecule has 1 saturated heterocycles. The van der Waals surface area contributed by atoms with Crippen molar-refractivity contribution < 1.29 is 4.79 Å². The molecule has 1 aliphatic heterocycles. The van der Waals surface area contributed by atoms with Crippen LogP contribution in [0.2, 0.25) is 0 Å². The molecule has 1 heterocycles. The first-order valence-corrected chi connectivity index (χ1v) is 8.15. The molecular formula is C16H23BrN2O. The predicted molar refractivity (Wildman–Crippen MR) is 86.1 cm³/mol. The third kappa shape index (κ3) is 3.23. The molecule has 1 aromatic rings. The van der Waals surface area contributed by atoms with Crippen LogP contribution in [0.15, 0.2) is 22.7 Å². The van der Waals surface area contributed by atoms with Crippen molar-refractivity contribution in [2.75, 3.05) is 26.2 Å². The molecule has 0 aliphatic carbocycles. The largest absolute Gasteiger partial charge is 0.337 e. The summed E-state index contributed by atoms with van der Waals surface area (Å²) in [7, 11) is 0. The average molecular weight is 339 g/mol. The molecule has 1 amide bonds. The first-order chi connectivity index (χ1) is 9.56. The molecule has 1 unspecified atom stereocenters. The number of halogens is 1. The maximum atomic E-state index is 12.6. The Balaban J connectivity index is 2.10. The first-order valence-electron chi connectivity index (χ1n) is 7.36. The van der Waals surface area contributed by atoms with Crippen molar-refractivity contribution in [2.24, 2.45) is 0 Å². The maximum absolute atomic E-state index is 12.6. The number of carbonyl (C=O) groups is 1. The molecule has 1 atom stereocenters. The van der Waals surface area contributed by atoms with Crippen LogP contribution in [0.1, 0.15) is 36.2 Å². The van der Waals surface area contributed by atoms with Gasteiger partial charge in [0.25, 0.3) is 5.91 Å². The molecular weight excluding hydrogens is 316 g/mol. The Morgan fingerprint density at radius 2 is 2.10 bits per heavy atom. The van der Waals surface area contributed by atoms with Crippen LogP contribution in [0.3, 0.4) is 0 Å². The topological polar surface area (TPSA) is 23.6 Å². The Bertz CT molecular complexity index is 485. The van der Waals surface area contributed by atoms with Crippen LogP contribution in [0.4, 0.5) is 0 Å². The van der Waals surface area contributed by atoms with Gasteiger partial charge in [-0.3, -0.25) is 9.69 Å². The van der Waals surface area contributed by atoms with Gasteiger partial charge in [-0.05, 0) is 54.5 Å². The summed E-state index contributed by atoms with van der Waals surface area (Å²) >= 11 is 3.49. The number of hydrogen-bond acceptors (Lipinski definition) is 2. The number of nitrogens with zero attached hydrogens (tertiary/aromatic N) is 2. The van der Waals surface area contributed by atoms with Crippen LogP contribution >= 0.6 is 15.9 Å². The molecule has 0 radical (unpaired) electrons. The lowest BCUT2D eigenvalue weighted by atomic mass is 10.1. The Morgan fingerprint density at radius 1 is 1.40 bits per heavy atom. The molecule has 2 rings (SSSR count). The highest BCUT2D eigenvalue weighted by molar-refractivity contribution is 9.10. The average Bonchev–Trinajstić information content (AvgIpc) is 2.92. The summed E-state index contributed by atoms with van der Waals surface area (Å²) in [6, 6.07) is 6.46. The van der Waals surface area contributed by atoms with E-state index in [1.165, 1.54) is 0 Å². The van der Waals surface area contributed by atoms with E-state index in [2.05, 4.69) is 34.7 Å². The van der Waals surface area contributed by atoms with E-state index in [9.17, 15) is 4.79 Å². The van der Waals surface area contributed by atoms with E-state index >= 15 is 0 Å². The molecule has 110 valence electrons. The number of amides is 1. The molecule has 1 fully saturated rings.